The molecular weight excluding hydrogens is 362 g/mol. The number of carbonyl (C=O) groups is 2. The zero-order chi connectivity index (χ0) is 18.0. The van der Waals surface area contributed by atoms with E-state index in [1.165, 1.54) is 30.6 Å². The van der Waals surface area contributed by atoms with E-state index in [4.69, 9.17) is 4.74 Å². The first-order valence-corrected chi connectivity index (χ1v) is 9.82. The van der Waals surface area contributed by atoms with Gasteiger partial charge in [-0.1, -0.05) is 11.8 Å². The Kier molecular flexibility index (Phi) is 5.48. The number of hydrogen-bond donors (Lipinski definition) is 0. The maximum Gasteiger partial charge on any atom is 0.320 e. The Balaban J connectivity index is 1.65. The minimum atomic E-state index is -0.309. The van der Waals surface area contributed by atoms with Crippen LogP contribution in [0.1, 0.15) is 11.4 Å². The van der Waals surface area contributed by atoms with Crippen LogP contribution < -0.4 is 0 Å². The second-order valence-electron chi connectivity index (χ2n) is 5.67. The molecule has 0 radical (unpaired) electrons. The van der Waals surface area contributed by atoms with Gasteiger partial charge in [-0.15, -0.1) is 22.0 Å². The Morgan fingerprint density at radius 3 is 2.96 bits per heavy atom. The number of ether oxygens (including phenoxy) is 1. The predicted molar refractivity (Wildman–Crippen MR) is 95.8 cm³/mol. The van der Waals surface area contributed by atoms with Crippen molar-refractivity contribution in [2.75, 3.05) is 31.7 Å². The van der Waals surface area contributed by atoms with Crippen molar-refractivity contribution in [1.29, 1.82) is 0 Å². The lowest BCUT2D eigenvalue weighted by atomic mass is 10.3. The summed E-state index contributed by atoms with van der Waals surface area (Å²) in [5, 5.41) is 8.54. The van der Waals surface area contributed by atoms with Crippen LogP contribution in [-0.2, 0) is 14.3 Å². The fraction of sp³-hybridized carbons (Fsp3) is 0.533. The highest BCUT2D eigenvalue weighted by Gasteiger charge is 2.29. The van der Waals surface area contributed by atoms with Crippen molar-refractivity contribution in [3.05, 3.63) is 17.5 Å². The van der Waals surface area contributed by atoms with Crippen LogP contribution in [0, 0.1) is 13.8 Å². The highest BCUT2D eigenvalue weighted by molar-refractivity contribution is 8.00. The van der Waals surface area contributed by atoms with Gasteiger partial charge in [0.15, 0.2) is 5.16 Å². The van der Waals surface area contributed by atoms with Gasteiger partial charge in [0.1, 0.15) is 5.25 Å². The number of rotatable bonds is 4. The van der Waals surface area contributed by atoms with Crippen LogP contribution in [0.2, 0.25) is 0 Å². The third kappa shape index (κ3) is 3.90. The molecule has 0 aromatic carbocycles. The molecule has 1 atom stereocenters. The number of fused-ring (bicyclic) bond motifs is 1. The fourth-order valence-corrected chi connectivity index (χ4v) is 4.68. The summed E-state index contributed by atoms with van der Waals surface area (Å²) in [6, 6.07) is 1.95. The number of esters is 1. The Hall–Kier alpha value is -1.81. The van der Waals surface area contributed by atoms with Gasteiger partial charge in [-0.2, -0.15) is 0 Å². The van der Waals surface area contributed by atoms with Gasteiger partial charge < -0.3 is 9.64 Å². The molecule has 25 heavy (non-hydrogen) atoms. The molecule has 3 rings (SSSR count). The van der Waals surface area contributed by atoms with Gasteiger partial charge in [0, 0.05) is 30.2 Å². The number of aryl methyl sites for hydroxylation is 2. The van der Waals surface area contributed by atoms with Crippen LogP contribution in [0.3, 0.4) is 0 Å². The molecule has 0 saturated carbocycles. The molecule has 2 aromatic rings. The summed E-state index contributed by atoms with van der Waals surface area (Å²) in [5.74, 6) is 1.20. The summed E-state index contributed by atoms with van der Waals surface area (Å²) in [4.78, 5) is 30.2. The van der Waals surface area contributed by atoms with E-state index in [-0.39, 0.29) is 22.9 Å². The lowest BCUT2D eigenvalue weighted by Gasteiger charge is -2.30. The third-order valence-corrected chi connectivity index (χ3v) is 5.95. The molecule has 0 N–H and O–H groups in total. The molecule has 134 valence electrons. The Morgan fingerprint density at radius 1 is 1.40 bits per heavy atom. The maximum absolute atomic E-state index is 12.5. The van der Waals surface area contributed by atoms with Crippen molar-refractivity contribution in [2.45, 2.75) is 24.3 Å². The molecule has 3 heterocycles. The normalized spacial score (nSPS) is 17.7. The standard InChI is InChI=1S/C15H19N5O3S2/c1-9-6-10(2)20-14(16-9)17-18-15(20)25-8-12(21)19-4-5-24-11(7-19)13(22)23-3/h6,11H,4-5,7-8H2,1-3H3/t11-/m0/s1. The summed E-state index contributed by atoms with van der Waals surface area (Å²) >= 11 is 2.86. The van der Waals surface area contributed by atoms with E-state index in [1.54, 1.807) is 4.90 Å². The SMILES string of the molecule is COC(=O)[C@@H]1CN(C(=O)CSc2nnc3nc(C)cc(C)n23)CCS1. The Morgan fingerprint density at radius 2 is 2.20 bits per heavy atom. The highest BCUT2D eigenvalue weighted by Crippen LogP contribution is 2.23. The fourth-order valence-electron chi connectivity index (χ4n) is 2.66. The molecule has 2 aromatic heterocycles. The van der Waals surface area contributed by atoms with Crippen LogP contribution in [-0.4, -0.2) is 73.3 Å². The Labute approximate surface area is 153 Å². The van der Waals surface area contributed by atoms with Crippen molar-refractivity contribution in [3.63, 3.8) is 0 Å². The van der Waals surface area contributed by atoms with Crippen LogP contribution in [0.25, 0.3) is 5.78 Å². The molecule has 1 amide bonds. The Bertz CT molecular complexity index is 810. The summed E-state index contributed by atoms with van der Waals surface area (Å²) in [7, 11) is 1.37. The van der Waals surface area contributed by atoms with Crippen molar-refractivity contribution in [2.24, 2.45) is 0 Å². The van der Waals surface area contributed by atoms with E-state index in [0.717, 1.165) is 17.1 Å². The van der Waals surface area contributed by atoms with Crippen molar-refractivity contribution >= 4 is 41.2 Å². The molecule has 0 aliphatic carbocycles. The number of amides is 1. The number of hydrogen-bond acceptors (Lipinski definition) is 8. The first kappa shape index (κ1) is 18.0. The quantitative estimate of drug-likeness (QED) is 0.571. The zero-order valence-corrected chi connectivity index (χ0v) is 15.9. The third-order valence-electron chi connectivity index (χ3n) is 3.87. The molecule has 1 saturated heterocycles. The average molecular weight is 381 g/mol. The topological polar surface area (TPSA) is 89.7 Å². The van der Waals surface area contributed by atoms with E-state index in [9.17, 15) is 9.59 Å². The van der Waals surface area contributed by atoms with E-state index < -0.39 is 0 Å². The maximum atomic E-state index is 12.5. The van der Waals surface area contributed by atoms with Gasteiger partial charge in [0.25, 0.3) is 5.78 Å². The first-order valence-electron chi connectivity index (χ1n) is 7.79. The lowest BCUT2D eigenvalue weighted by Crippen LogP contribution is -2.45. The van der Waals surface area contributed by atoms with Crippen molar-refractivity contribution < 1.29 is 14.3 Å². The van der Waals surface area contributed by atoms with Gasteiger partial charge in [-0.25, -0.2) is 4.98 Å². The van der Waals surface area contributed by atoms with Gasteiger partial charge in [0.05, 0.1) is 12.9 Å². The zero-order valence-electron chi connectivity index (χ0n) is 14.3. The first-order chi connectivity index (χ1) is 12.0. The molecule has 0 unspecified atom stereocenters. The van der Waals surface area contributed by atoms with Gasteiger partial charge >= 0.3 is 5.97 Å². The molecule has 8 nitrogen and oxygen atoms in total. The second-order valence-corrected chi connectivity index (χ2v) is 7.92. The summed E-state index contributed by atoms with van der Waals surface area (Å²) in [6.45, 7) is 4.89. The largest absolute Gasteiger partial charge is 0.468 e. The molecule has 0 spiro atoms. The molecular formula is C15H19N5O3S2. The van der Waals surface area contributed by atoms with Crippen LogP contribution in [0.4, 0.5) is 0 Å². The van der Waals surface area contributed by atoms with Crippen molar-refractivity contribution in [3.8, 4) is 0 Å². The van der Waals surface area contributed by atoms with Crippen LogP contribution in [0.15, 0.2) is 11.2 Å². The number of thioether (sulfide) groups is 2. The van der Waals surface area contributed by atoms with Crippen LogP contribution in [0.5, 0.6) is 0 Å². The number of carbonyl (C=O) groups excluding carboxylic acids is 2. The minimum Gasteiger partial charge on any atom is -0.468 e. The minimum absolute atomic E-state index is 0.0197. The molecule has 1 fully saturated rings. The van der Waals surface area contributed by atoms with E-state index >= 15 is 0 Å². The molecule has 1 aliphatic rings. The second kappa shape index (κ2) is 7.61. The van der Waals surface area contributed by atoms with Gasteiger partial charge in [0.2, 0.25) is 5.91 Å². The number of nitrogens with zero attached hydrogens (tertiary/aromatic N) is 5. The molecule has 1 aliphatic heterocycles. The van der Waals surface area contributed by atoms with Gasteiger partial charge in [-0.05, 0) is 19.9 Å². The average Bonchev–Trinajstić information content (AvgIpc) is 3.02. The molecule has 0 bridgehead atoms. The van der Waals surface area contributed by atoms with Crippen LogP contribution >= 0.6 is 23.5 Å². The summed E-state index contributed by atoms with van der Waals surface area (Å²) in [5.41, 5.74) is 1.85. The predicted octanol–water partition coefficient (Wildman–Crippen LogP) is 0.950. The van der Waals surface area contributed by atoms with E-state index in [2.05, 4.69) is 15.2 Å². The summed E-state index contributed by atoms with van der Waals surface area (Å²) < 4.78 is 6.62. The van der Waals surface area contributed by atoms with E-state index in [1.807, 2.05) is 24.3 Å². The van der Waals surface area contributed by atoms with E-state index in [0.29, 0.717) is 24.0 Å². The van der Waals surface area contributed by atoms with Crippen molar-refractivity contribution in [1.82, 2.24) is 24.5 Å². The number of methoxy groups -OCH3 is 1. The summed E-state index contributed by atoms with van der Waals surface area (Å²) in [6.07, 6.45) is 0. The highest BCUT2D eigenvalue weighted by atomic mass is 32.2. The number of aromatic nitrogens is 4. The van der Waals surface area contributed by atoms with Gasteiger partial charge in [-0.3, -0.25) is 14.0 Å². The smallest absolute Gasteiger partial charge is 0.320 e. The lowest BCUT2D eigenvalue weighted by molar-refractivity contribution is -0.141. The monoisotopic (exact) mass is 381 g/mol. The molecule has 10 heteroatoms.